The summed E-state index contributed by atoms with van der Waals surface area (Å²) in [5, 5.41) is 2.40. The number of hydrogen-bond donors (Lipinski definition) is 1. The maximum absolute atomic E-state index is 12.7. The Morgan fingerprint density at radius 1 is 1.09 bits per heavy atom. The molecule has 6 nitrogen and oxygen atoms in total. The second kappa shape index (κ2) is 5.36. The predicted octanol–water partition coefficient (Wildman–Crippen LogP) is 1.46. The van der Waals surface area contributed by atoms with Gasteiger partial charge in [-0.1, -0.05) is 12.1 Å². The summed E-state index contributed by atoms with van der Waals surface area (Å²) < 4.78 is 12.7. The smallest absolute Gasteiger partial charge is 0.262 e. The number of carbonyl (C=O) groups is 3. The Kier molecular flexibility index (Phi) is 3.38. The second-order valence-corrected chi connectivity index (χ2v) is 4.65. The monoisotopic (exact) mass is 299 g/mol. The lowest BCUT2D eigenvalue weighted by molar-refractivity contribution is -0.116. The number of aromatic nitrogens is 1. The molecule has 0 spiro atoms. The van der Waals surface area contributed by atoms with Crippen molar-refractivity contribution >= 4 is 23.5 Å². The lowest BCUT2D eigenvalue weighted by Crippen LogP contribution is -2.37. The van der Waals surface area contributed by atoms with Gasteiger partial charge in [0, 0.05) is 0 Å². The molecule has 22 heavy (non-hydrogen) atoms. The number of imide groups is 1. The Morgan fingerprint density at radius 2 is 1.73 bits per heavy atom. The van der Waals surface area contributed by atoms with Crippen molar-refractivity contribution < 1.29 is 18.8 Å². The summed E-state index contributed by atoms with van der Waals surface area (Å²) in [5.41, 5.74) is 0.556. The van der Waals surface area contributed by atoms with Gasteiger partial charge in [0.25, 0.3) is 11.8 Å². The van der Waals surface area contributed by atoms with Crippen LogP contribution in [0.1, 0.15) is 20.7 Å². The van der Waals surface area contributed by atoms with Gasteiger partial charge in [0.2, 0.25) is 5.91 Å². The number of anilines is 1. The molecule has 1 aliphatic heterocycles. The number of pyridine rings is 1. The van der Waals surface area contributed by atoms with Crippen molar-refractivity contribution in [2.45, 2.75) is 0 Å². The van der Waals surface area contributed by atoms with Gasteiger partial charge in [-0.3, -0.25) is 19.3 Å². The van der Waals surface area contributed by atoms with Crippen LogP contribution in [-0.4, -0.2) is 34.2 Å². The molecule has 2 aromatic rings. The molecule has 0 fully saturated rings. The molecule has 0 unspecified atom stereocenters. The lowest BCUT2D eigenvalue weighted by Gasteiger charge is -2.13. The van der Waals surface area contributed by atoms with E-state index in [2.05, 4.69) is 10.3 Å². The third-order valence-electron chi connectivity index (χ3n) is 3.17. The first-order chi connectivity index (χ1) is 10.6. The topological polar surface area (TPSA) is 79.4 Å². The molecule has 0 saturated carbocycles. The van der Waals surface area contributed by atoms with Gasteiger partial charge >= 0.3 is 0 Å². The third kappa shape index (κ3) is 2.44. The summed E-state index contributed by atoms with van der Waals surface area (Å²) in [5.74, 6) is -2.00. The van der Waals surface area contributed by atoms with E-state index in [4.69, 9.17) is 0 Å². The Bertz CT molecular complexity index is 739. The van der Waals surface area contributed by atoms with E-state index in [9.17, 15) is 18.8 Å². The molecule has 3 amide bonds. The molecule has 1 N–H and O–H groups in total. The minimum absolute atomic E-state index is 0.142. The molecule has 110 valence electrons. The first-order valence-corrected chi connectivity index (χ1v) is 6.43. The third-order valence-corrected chi connectivity index (χ3v) is 3.17. The van der Waals surface area contributed by atoms with Gasteiger partial charge in [0.15, 0.2) is 0 Å². The molecule has 1 aliphatic rings. The van der Waals surface area contributed by atoms with E-state index in [-0.39, 0.29) is 16.9 Å². The zero-order chi connectivity index (χ0) is 15.7. The number of fused-ring (bicyclic) bond motifs is 1. The highest BCUT2D eigenvalue weighted by Crippen LogP contribution is 2.22. The summed E-state index contributed by atoms with van der Waals surface area (Å²) in [6, 6.07) is 8.80. The largest absolute Gasteiger partial charge is 0.309 e. The molecule has 2 heterocycles. The second-order valence-electron chi connectivity index (χ2n) is 4.65. The zero-order valence-corrected chi connectivity index (χ0v) is 11.2. The fourth-order valence-electron chi connectivity index (χ4n) is 2.16. The van der Waals surface area contributed by atoms with Gasteiger partial charge < -0.3 is 5.32 Å². The van der Waals surface area contributed by atoms with Gasteiger partial charge in [-0.05, 0) is 24.3 Å². The highest BCUT2D eigenvalue weighted by Gasteiger charge is 2.36. The van der Waals surface area contributed by atoms with E-state index in [1.807, 2.05) is 0 Å². The summed E-state index contributed by atoms with van der Waals surface area (Å²) in [7, 11) is 0. The SMILES string of the molecule is O=C(CN1C(=O)c2ccccc2C1=O)Nc1ccc(F)cn1. The first kappa shape index (κ1) is 13.9. The lowest BCUT2D eigenvalue weighted by atomic mass is 10.1. The molecule has 1 aromatic carbocycles. The maximum Gasteiger partial charge on any atom is 0.262 e. The van der Waals surface area contributed by atoms with E-state index < -0.39 is 30.1 Å². The highest BCUT2D eigenvalue weighted by atomic mass is 19.1. The number of nitrogens with zero attached hydrogens (tertiary/aromatic N) is 2. The number of carbonyl (C=O) groups excluding carboxylic acids is 3. The Labute approximate surface area is 124 Å². The van der Waals surface area contributed by atoms with Crippen molar-refractivity contribution in [2.24, 2.45) is 0 Å². The summed E-state index contributed by atoms with van der Waals surface area (Å²) >= 11 is 0. The Balaban J connectivity index is 1.71. The minimum Gasteiger partial charge on any atom is -0.309 e. The van der Waals surface area contributed by atoms with Crippen LogP contribution < -0.4 is 5.32 Å². The van der Waals surface area contributed by atoms with Crippen LogP contribution in [0.15, 0.2) is 42.6 Å². The van der Waals surface area contributed by atoms with E-state index in [1.165, 1.54) is 18.2 Å². The zero-order valence-electron chi connectivity index (χ0n) is 11.2. The van der Waals surface area contributed by atoms with Crippen LogP contribution in [0.3, 0.4) is 0 Å². The molecule has 3 rings (SSSR count). The van der Waals surface area contributed by atoms with E-state index in [0.717, 1.165) is 17.2 Å². The molecule has 0 aliphatic carbocycles. The predicted molar refractivity (Wildman–Crippen MR) is 74.6 cm³/mol. The van der Waals surface area contributed by atoms with Crippen molar-refractivity contribution in [3.05, 3.63) is 59.5 Å². The average Bonchev–Trinajstić information content (AvgIpc) is 2.75. The van der Waals surface area contributed by atoms with Crippen molar-refractivity contribution in [3.8, 4) is 0 Å². The average molecular weight is 299 g/mol. The molecule has 0 atom stereocenters. The van der Waals surface area contributed by atoms with E-state index in [0.29, 0.717) is 0 Å². The molecular formula is C15H10FN3O3. The fourth-order valence-corrected chi connectivity index (χ4v) is 2.16. The molecule has 7 heteroatoms. The van der Waals surface area contributed by atoms with Crippen LogP contribution in [0, 0.1) is 5.82 Å². The van der Waals surface area contributed by atoms with Crippen LogP contribution in [0.25, 0.3) is 0 Å². The van der Waals surface area contributed by atoms with Crippen molar-refractivity contribution in [1.82, 2.24) is 9.88 Å². The number of rotatable bonds is 3. The number of amides is 3. The number of halogens is 1. The molecule has 1 aromatic heterocycles. The normalized spacial score (nSPS) is 13.2. The minimum atomic E-state index is -0.589. The summed E-state index contributed by atoms with van der Waals surface area (Å²) in [6.45, 7) is -0.425. The van der Waals surface area contributed by atoms with Gasteiger partial charge in [-0.2, -0.15) is 0 Å². The standard InChI is InChI=1S/C15H10FN3O3/c16-9-5-6-12(17-7-9)18-13(20)8-19-14(21)10-3-1-2-4-11(10)15(19)22/h1-7H,8H2,(H,17,18,20). The number of hydrogen-bond acceptors (Lipinski definition) is 4. The quantitative estimate of drug-likeness (QED) is 0.870. The maximum atomic E-state index is 12.7. The first-order valence-electron chi connectivity index (χ1n) is 6.43. The van der Waals surface area contributed by atoms with Crippen molar-refractivity contribution in [2.75, 3.05) is 11.9 Å². The summed E-state index contributed by atoms with van der Waals surface area (Å²) in [6.07, 6.45) is 0.956. The van der Waals surface area contributed by atoms with Gasteiger partial charge in [0.1, 0.15) is 18.2 Å². The molecular weight excluding hydrogens is 289 g/mol. The Morgan fingerprint density at radius 3 is 2.27 bits per heavy atom. The van der Waals surface area contributed by atoms with Gasteiger partial charge in [0.05, 0.1) is 17.3 Å². The highest BCUT2D eigenvalue weighted by molar-refractivity contribution is 6.22. The van der Waals surface area contributed by atoms with E-state index in [1.54, 1.807) is 12.1 Å². The molecule has 0 radical (unpaired) electrons. The van der Waals surface area contributed by atoms with Crippen LogP contribution in [0.2, 0.25) is 0 Å². The van der Waals surface area contributed by atoms with Crippen LogP contribution in [0.5, 0.6) is 0 Å². The fraction of sp³-hybridized carbons (Fsp3) is 0.0667. The van der Waals surface area contributed by atoms with Gasteiger partial charge in [-0.15, -0.1) is 0 Å². The van der Waals surface area contributed by atoms with Gasteiger partial charge in [-0.25, -0.2) is 9.37 Å². The van der Waals surface area contributed by atoms with Crippen molar-refractivity contribution in [3.63, 3.8) is 0 Å². The van der Waals surface area contributed by atoms with Crippen LogP contribution in [-0.2, 0) is 4.79 Å². The molecule has 0 saturated heterocycles. The Hall–Kier alpha value is -3.09. The van der Waals surface area contributed by atoms with Crippen molar-refractivity contribution in [1.29, 1.82) is 0 Å². The molecule has 0 bridgehead atoms. The summed E-state index contributed by atoms with van der Waals surface area (Å²) in [4.78, 5) is 40.6. The van der Waals surface area contributed by atoms with E-state index >= 15 is 0 Å². The van der Waals surface area contributed by atoms with Crippen LogP contribution in [0.4, 0.5) is 10.2 Å². The number of benzene rings is 1. The number of nitrogens with one attached hydrogen (secondary N) is 1. The van der Waals surface area contributed by atoms with Crippen LogP contribution >= 0.6 is 0 Å².